The fraction of sp³-hybridized carbons (Fsp3) is 0.611. The van der Waals surface area contributed by atoms with Crippen LogP contribution in [-0.4, -0.2) is 41.4 Å². The molecule has 0 saturated carbocycles. The fourth-order valence-electron chi connectivity index (χ4n) is 3.54. The Bertz CT molecular complexity index is 580. The fourth-order valence-corrected chi connectivity index (χ4v) is 3.54. The molecule has 2 aliphatic rings. The molecule has 1 fully saturated rings. The molecule has 0 amide bonds. The van der Waals surface area contributed by atoms with Crippen LogP contribution in [0.5, 0.6) is 11.5 Å². The van der Waals surface area contributed by atoms with Crippen LogP contribution in [0.2, 0.25) is 0 Å². The Morgan fingerprint density at radius 2 is 2.09 bits per heavy atom. The molecular weight excluding hydrogens is 294 g/mol. The number of aromatic carboxylic acids is 1. The maximum absolute atomic E-state index is 11.3. The standard InChI is InChI=1S/C18H25NO4/c1-3-4-10-19-11-8-13(9-12-19)18(2)22-15-7-5-6-14(17(20)21)16(15)23-18/h5-7,13H,3-4,8-12H2,1-2H3,(H,20,21). The van der Waals surface area contributed by atoms with Crippen LogP contribution in [0.25, 0.3) is 0 Å². The first-order valence-electron chi connectivity index (χ1n) is 8.50. The Morgan fingerprint density at radius 1 is 1.35 bits per heavy atom. The largest absolute Gasteiger partial charge is 0.478 e. The highest BCUT2D eigenvalue weighted by molar-refractivity contribution is 5.92. The van der Waals surface area contributed by atoms with Crippen LogP contribution >= 0.6 is 0 Å². The van der Waals surface area contributed by atoms with Crippen molar-refractivity contribution in [1.29, 1.82) is 0 Å². The number of carbonyl (C=O) groups is 1. The SMILES string of the molecule is CCCCN1CCC(C2(C)Oc3cccc(C(=O)O)c3O2)CC1. The first-order chi connectivity index (χ1) is 11.0. The minimum absolute atomic E-state index is 0.173. The van der Waals surface area contributed by atoms with Crippen molar-refractivity contribution < 1.29 is 19.4 Å². The summed E-state index contributed by atoms with van der Waals surface area (Å²) in [5.41, 5.74) is 0.173. The van der Waals surface area contributed by atoms with Crippen LogP contribution in [0.4, 0.5) is 0 Å². The molecule has 1 atom stereocenters. The van der Waals surface area contributed by atoms with Gasteiger partial charge in [0.1, 0.15) is 5.56 Å². The lowest BCUT2D eigenvalue weighted by Crippen LogP contribution is -2.48. The van der Waals surface area contributed by atoms with Crippen molar-refractivity contribution in [2.75, 3.05) is 19.6 Å². The van der Waals surface area contributed by atoms with Crippen molar-refractivity contribution in [3.8, 4) is 11.5 Å². The number of piperidine rings is 1. The van der Waals surface area contributed by atoms with Gasteiger partial charge in [0.25, 0.3) is 5.79 Å². The van der Waals surface area contributed by atoms with Gasteiger partial charge in [-0.15, -0.1) is 0 Å². The Balaban J connectivity index is 1.68. The normalized spacial score (nSPS) is 24.8. The molecule has 0 aromatic heterocycles. The van der Waals surface area contributed by atoms with E-state index < -0.39 is 11.8 Å². The van der Waals surface area contributed by atoms with Crippen LogP contribution < -0.4 is 9.47 Å². The number of benzene rings is 1. The van der Waals surface area contributed by atoms with Gasteiger partial charge >= 0.3 is 5.97 Å². The topological polar surface area (TPSA) is 59.0 Å². The van der Waals surface area contributed by atoms with Gasteiger partial charge in [-0.1, -0.05) is 19.4 Å². The molecule has 0 spiro atoms. The number of likely N-dealkylation sites (tertiary alicyclic amines) is 1. The number of ether oxygens (including phenoxy) is 2. The minimum atomic E-state index is -0.982. The highest BCUT2D eigenvalue weighted by Gasteiger charge is 2.46. The van der Waals surface area contributed by atoms with Crippen molar-refractivity contribution in [3.05, 3.63) is 23.8 Å². The molecule has 1 unspecified atom stereocenters. The molecule has 0 aliphatic carbocycles. The summed E-state index contributed by atoms with van der Waals surface area (Å²) < 4.78 is 12.1. The lowest BCUT2D eigenvalue weighted by Gasteiger charge is -2.38. The van der Waals surface area contributed by atoms with E-state index in [0.717, 1.165) is 32.5 Å². The number of nitrogens with zero attached hydrogens (tertiary/aromatic N) is 1. The average Bonchev–Trinajstić information content (AvgIpc) is 2.90. The van der Waals surface area contributed by atoms with Crippen molar-refractivity contribution in [1.82, 2.24) is 4.90 Å². The summed E-state index contributed by atoms with van der Waals surface area (Å²) in [5.74, 6) is -0.555. The second-order valence-corrected chi connectivity index (χ2v) is 6.63. The van der Waals surface area contributed by atoms with E-state index in [4.69, 9.17) is 9.47 Å². The summed E-state index contributed by atoms with van der Waals surface area (Å²) >= 11 is 0. The summed E-state index contributed by atoms with van der Waals surface area (Å²) in [4.78, 5) is 13.8. The monoisotopic (exact) mass is 319 g/mol. The lowest BCUT2D eigenvalue weighted by atomic mass is 9.89. The highest BCUT2D eigenvalue weighted by atomic mass is 16.7. The van der Waals surface area contributed by atoms with E-state index in [0.29, 0.717) is 11.5 Å². The lowest BCUT2D eigenvalue weighted by molar-refractivity contribution is -0.124. The second kappa shape index (κ2) is 6.40. The molecule has 126 valence electrons. The van der Waals surface area contributed by atoms with Crippen LogP contribution in [0.1, 0.15) is 49.9 Å². The van der Waals surface area contributed by atoms with Gasteiger partial charge in [0.05, 0.1) is 0 Å². The van der Waals surface area contributed by atoms with Gasteiger partial charge in [-0.3, -0.25) is 0 Å². The van der Waals surface area contributed by atoms with Crippen molar-refractivity contribution in [3.63, 3.8) is 0 Å². The van der Waals surface area contributed by atoms with Crippen molar-refractivity contribution >= 4 is 5.97 Å². The van der Waals surface area contributed by atoms with Gasteiger partial charge in [-0.05, 0) is 51.0 Å². The predicted octanol–water partition coefficient (Wildman–Crippen LogP) is 3.38. The third-order valence-corrected chi connectivity index (χ3v) is 4.98. The van der Waals surface area contributed by atoms with E-state index in [2.05, 4.69) is 11.8 Å². The van der Waals surface area contributed by atoms with E-state index in [1.165, 1.54) is 12.8 Å². The Morgan fingerprint density at radius 3 is 2.74 bits per heavy atom. The summed E-state index contributed by atoms with van der Waals surface area (Å²) in [5, 5.41) is 9.30. The summed E-state index contributed by atoms with van der Waals surface area (Å²) in [6.07, 6.45) is 4.48. The van der Waals surface area contributed by atoms with Gasteiger partial charge in [0.2, 0.25) is 0 Å². The number of rotatable bonds is 5. The summed E-state index contributed by atoms with van der Waals surface area (Å²) in [6, 6.07) is 5.04. The zero-order chi connectivity index (χ0) is 16.4. The van der Waals surface area contributed by atoms with Gasteiger partial charge < -0.3 is 19.5 Å². The number of carboxylic acid groups (broad SMARTS) is 1. The van der Waals surface area contributed by atoms with E-state index in [1.807, 2.05) is 6.92 Å². The number of hydrogen-bond acceptors (Lipinski definition) is 4. The zero-order valence-electron chi connectivity index (χ0n) is 13.9. The van der Waals surface area contributed by atoms with Crippen molar-refractivity contribution in [2.24, 2.45) is 5.92 Å². The van der Waals surface area contributed by atoms with Gasteiger partial charge in [0, 0.05) is 12.8 Å². The quantitative estimate of drug-likeness (QED) is 0.901. The first-order valence-corrected chi connectivity index (χ1v) is 8.50. The van der Waals surface area contributed by atoms with Crippen LogP contribution in [-0.2, 0) is 0 Å². The van der Waals surface area contributed by atoms with Crippen LogP contribution in [0, 0.1) is 5.92 Å². The Kier molecular flexibility index (Phi) is 4.48. The molecule has 5 nitrogen and oxygen atoms in total. The van der Waals surface area contributed by atoms with Gasteiger partial charge in [-0.25, -0.2) is 4.79 Å². The Labute approximate surface area is 137 Å². The van der Waals surface area contributed by atoms with E-state index in [1.54, 1.807) is 18.2 Å². The van der Waals surface area contributed by atoms with E-state index in [-0.39, 0.29) is 11.5 Å². The Hall–Kier alpha value is -1.75. The number of hydrogen-bond donors (Lipinski definition) is 1. The molecule has 0 radical (unpaired) electrons. The maximum Gasteiger partial charge on any atom is 0.339 e. The number of unbranched alkanes of at least 4 members (excludes halogenated alkanes) is 1. The average molecular weight is 319 g/mol. The van der Waals surface area contributed by atoms with E-state index >= 15 is 0 Å². The molecule has 23 heavy (non-hydrogen) atoms. The minimum Gasteiger partial charge on any atom is -0.478 e. The van der Waals surface area contributed by atoms with Crippen LogP contribution in [0.3, 0.4) is 0 Å². The smallest absolute Gasteiger partial charge is 0.339 e. The summed E-state index contributed by atoms with van der Waals surface area (Å²) in [6.45, 7) is 7.41. The van der Waals surface area contributed by atoms with Crippen LogP contribution in [0.15, 0.2) is 18.2 Å². The first kappa shape index (κ1) is 16.1. The predicted molar refractivity (Wildman–Crippen MR) is 87.1 cm³/mol. The molecule has 1 N–H and O–H groups in total. The van der Waals surface area contributed by atoms with Crippen molar-refractivity contribution in [2.45, 2.75) is 45.3 Å². The zero-order valence-corrected chi connectivity index (χ0v) is 13.9. The van der Waals surface area contributed by atoms with Gasteiger partial charge in [0.15, 0.2) is 11.5 Å². The highest BCUT2D eigenvalue weighted by Crippen LogP contribution is 2.46. The molecule has 3 rings (SSSR count). The number of para-hydroxylation sites is 1. The van der Waals surface area contributed by atoms with E-state index in [9.17, 15) is 9.90 Å². The molecule has 0 bridgehead atoms. The third kappa shape index (κ3) is 3.15. The van der Waals surface area contributed by atoms with Gasteiger partial charge in [-0.2, -0.15) is 0 Å². The molecule has 2 aliphatic heterocycles. The number of carboxylic acids is 1. The molecule has 1 saturated heterocycles. The molecule has 2 heterocycles. The molecular formula is C18H25NO4. The molecule has 1 aromatic carbocycles. The second-order valence-electron chi connectivity index (χ2n) is 6.63. The summed E-state index contributed by atoms with van der Waals surface area (Å²) in [7, 11) is 0. The maximum atomic E-state index is 11.3. The molecule has 5 heteroatoms. The number of fused-ring (bicyclic) bond motifs is 1. The third-order valence-electron chi connectivity index (χ3n) is 4.98. The molecule has 1 aromatic rings.